The summed E-state index contributed by atoms with van der Waals surface area (Å²) in [7, 11) is 0. The van der Waals surface area contributed by atoms with Gasteiger partial charge >= 0.3 is 5.97 Å². The van der Waals surface area contributed by atoms with Crippen molar-refractivity contribution in [2.24, 2.45) is 0 Å². The summed E-state index contributed by atoms with van der Waals surface area (Å²) in [6, 6.07) is 0. The maximum atomic E-state index is 8.59. The predicted molar refractivity (Wildman–Crippen MR) is 35.1 cm³/mol. The van der Waals surface area contributed by atoms with Gasteiger partial charge in [0.15, 0.2) is 0 Å². The van der Waals surface area contributed by atoms with Crippen LogP contribution >= 0.6 is 0 Å². The lowest BCUT2D eigenvalue weighted by molar-refractivity contribution is -0.361. The van der Waals surface area contributed by atoms with Gasteiger partial charge in [0.1, 0.15) is 6.10 Å². The molecule has 0 spiro atoms. The van der Waals surface area contributed by atoms with Crippen molar-refractivity contribution in [1.82, 2.24) is 0 Å². The molecule has 10 heavy (non-hydrogen) atoms. The molecule has 0 aromatic carbocycles. The van der Waals surface area contributed by atoms with E-state index in [4.69, 9.17) is 20.1 Å². The molecule has 4 nitrogen and oxygen atoms in total. The average molecular weight is 150 g/mol. The average Bonchev–Trinajstić information content (AvgIpc) is 1.80. The van der Waals surface area contributed by atoms with Crippen LogP contribution in [0.15, 0.2) is 0 Å². The first-order chi connectivity index (χ1) is 4.52. The summed E-state index contributed by atoms with van der Waals surface area (Å²) in [5.41, 5.74) is 0. The fraction of sp³-hybridized carbons (Fsp3) is 1.00. The summed E-state index contributed by atoms with van der Waals surface area (Å²) in [5, 5.41) is 25.8. The first-order valence-electron chi connectivity index (χ1n) is 3.31. The van der Waals surface area contributed by atoms with Gasteiger partial charge in [0.05, 0.1) is 0 Å². The van der Waals surface area contributed by atoms with Crippen LogP contribution in [0.2, 0.25) is 0 Å². The molecule has 0 aliphatic rings. The molecule has 0 aliphatic carbocycles. The summed E-state index contributed by atoms with van der Waals surface area (Å²) < 4.78 is 4.81. The topological polar surface area (TPSA) is 69.9 Å². The van der Waals surface area contributed by atoms with Crippen molar-refractivity contribution in [2.45, 2.75) is 32.3 Å². The standard InChI is InChI=1S/C6H14O4/c1-3-5(10-4-2)6(7,8)9/h5,7-9H,3-4H2,1-2H3. The number of hydrogen-bond acceptors (Lipinski definition) is 4. The number of rotatable bonds is 4. The van der Waals surface area contributed by atoms with Gasteiger partial charge in [-0.3, -0.25) is 0 Å². The zero-order valence-corrected chi connectivity index (χ0v) is 6.24. The second-order valence-electron chi connectivity index (χ2n) is 2.04. The SMILES string of the molecule is CCOC(CC)C(O)(O)O. The first-order valence-corrected chi connectivity index (χ1v) is 3.31. The maximum absolute atomic E-state index is 8.59. The van der Waals surface area contributed by atoms with Crippen LogP contribution in [0.3, 0.4) is 0 Å². The monoisotopic (exact) mass is 150 g/mol. The fourth-order valence-electron chi connectivity index (χ4n) is 0.705. The van der Waals surface area contributed by atoms with Crippen LogP contribution in [0.5, 0.6) is 0 Å². The van der Waals surface area contributed by atoms with Gasteiger partial charge in [-0.2, -0.15) is 0 Å². The molecule has 0 saturated carbocycles. The van der Waals surface area contributed by atoms with Gasteiger partial charge in [0.25, 0.3) is 0 Å². The maximum Gasteiger partial charge on any atom is 0.303 e. The highest BCUT2D eigenvalue weighted by atomic mass is 16.7. The third-order valence-corrected chi connectivity index (χ3v) is 1.17. The Kier molecular flexibility index (Phi) is 3.81. The number of aliphatic hydroxyl groups is 3. The van der Waals surface area contributed by atoms with E-state index in [0.717, 1.165) is 0 Å². The lowest BCUT2D eigenvalue weighted by atomic mass is 10.2. The van der Waals surface area contributed by atoms with Crippen molar-refractivity contribution in [3.63, 3.8) is 0 Å². The highest BCUT2D eigenvalue weighted by Crippen LogP contribution is 2.09. The van der Waals surface area contributed by atoms with E-state index >= 15 is 0 Å². The van der Waals surface area contributed by atoms with Gasteiger partial charge in [0, 0.05) is 6.61 Å². The summed E-state index contributed by atoms with van der Waals surface area (Å²) in [6.07, 6.45) is -0.561. The molecule has 0 radical (unpaired) electrons. The predicted octanol–water partition coefficient (Wildman–Crippen LogP) is -0.568. The third-order valence-electron chi connectivity index (χ3n) is 1.17. The second kappa shape index (κ2) is 3.88. The highest BCUT2D eigenvalue weighted by molar-refractivity contribution is 4.62. The van der Waals surface area contributed by atoms with Crippen LogP contribution in [0, 0.1) is 0 Å². The van der Waals surface area contributed by atoms with Crippen molar-refractivity contribution < 1.29 is 20.1 Å². The molecule has 1 atom stereocenters. The summed E-state index contributed by atoms with van der Waals surface area (Å²) in [5.74, 6) is -2.70. The Hall–Kier alpha value is -0.160. The van der Waals surface area contributed by atoms with Crippen LogP contribution in [-0.2, 0) is 4.74 Å². The largest absolute Gasteiger partial charge is 0.370 e. The molecule has 0 heterocycles. The van der Waals surface area contributed by atoms with Gasteiger partial charge in [-0.25, -0.2) is 0 Å². The Morgan fingerprint density at radius 2 is 1.80 bits per heavy atom. The van der Waals surface area contributed by atoms with Crippen LogP contribution < -0.4 is 0 Å². The Bertz CT molecular complexity index is 86.2. The van der Waals surface area contributed by atoms with E-state index < -0.39 is 12.1 Å². The van der Waals surface area contributed by atoms with Crippen molar-refractivity contribution >= 4 is 0 Å². The van der Waals surface area contributed by atoms with Crippen LogP contribution in [0.1, 0.15) is 20.3 Å². The normalized spacial score (nSPS) is 15.3. The van der Waals surface area contributed by atoms with E-state index in [0.29, 0.717) is 13.0 Å². The molecular weight excluding hydrogens is 136 g/mol. The smallest absolute Gasteiger partial charge is 0.303 e. The highest BCUT2D eigenvalue weighted by Gasteiger charge is 2.30. The lowest BCUT2D eigenvalue weighted by Crippen LogP contribution is -2.43. The third kappa shape index (κ3) is 3.12. The van der Waals surface area contributed by atoms with Crippen molar-refractivity contribution in [3.05, 3.63) is 0 Å². The zero-order valence-electron chi connectivity index (χ0n) is 6.24. The fourth-order valence-corrected chi connectivity index (χ4v) is 0.705. The van der Waals surface area contributed by atoms with Gasteiger partial charge in [-0.1, -0.05) is 6.92 Å². The molecule has 0 rings (SSSR count). The van der Waals surface area contributed by atoms with E-state index in [1.54, 1.807) is 13.8 Å². The Labute approximate surface area is 60.1 Å². The van der Waals surface area contributed by atoms with Gasteiger partial charge in [0.2, 0.25) is 0 Å². The molecule has 0 bridgehead atoms. The summed E-state index contributed by atoms with van der Waals surface area (Å²) in [6.45, 7) is 3.76. The minimum atomic E-state index is -2.70. The molecule has 3 N–H and O–H groups in total. The van der Waals surface area contributed by atoms with Gasteiger partial charge in [-0.15, -0.1) is 0 Å². The number of hydrogen-bond donors (Lipinski definition) is 3. The Morgan fingerprint density at radius 3 is 1.90 bits per heavy atom. The summed E-state index contributed by atoms with van der Waals surface area (Å²) in [4.78, 5) is 0. The quantitative estimate of drug-likeness (QED) is 0.469. The molecule has 4 heteroatoms. The second-order valence-corrected chi connectivity index (χ2v) is 2.04. The molecule has 0 amide bonds. The molecular formula is C6H14O4. The Balaban J connectivity index is 3.81. The van der Waals surface area contributed by atoms with Crippen LogP contribution in [0.25, 0.3) is 0 Å². The zero-order chi connectivity index (χ0) is 8.20. The molecule has 0 saturated heterocycles. The van der Waals surface area contributed by atoms with Gasteiger partial charge in [-0.05, 0) is 13.3 Å². The first kappa shape index (κ1) is 9.84. The lowest BCUT2D eigenvalue weighted by Gasteiger charge is -2.24. The van der Waals surface area contributed by atoms with E-state index in [1.807, 2.05) is 0 Å². The minimum Gasteiger partial charge on any atom is -0.370 e. The van der Waals surface area contributed by atoms with E-state index in [9.17, 15) is 0 Å². The van der Waals surface area contributed by atoms with Crippen LogP contribution in [0.4, 0.5) is 0 Å². The number of ether oxygens (including phenoxy) is 1. The molecule has 62 valence electrons. The van der Waals surface area contributed by atoms with Crippen molar-refractivity contribution in [2.75, 3.05) is 6.61 Å². The molecule has 0 aromatic heterocycles. The minimum absolute atomic E-state index is 0.349. The summed E-state index contributed by atoms with van der Waals surface area (Å²) >= 11 is 0. The van der Waals surface area contributed by atoms with E-state index in [-0.39, 0.29) is 0 Å². The van der Waals surface area contributed by atoms with E-state index in [1.165, 1.54) is 0 Å². The van der Waals surface area contributed by atoms with Crippen molar-refractivity contribution in [1.29, 1.82) is 0 Å². The van der Waals surface area contributed by atoms with Gasteiger partial charge < -0.3 is 20.1 Å². The molecule has 0 aromatic rings. The van der Waals surface area contributed by atoms with E-state index in [2.05, 4.69) is 0 Å². The molecule has 1 unspecified atom stereocenters. The van der Waals surface area contributed by atoms with Crippen molar-refractivity contribution in [3.8, 4) is 0 Å². The van der Waals surface area contributed by atoms with Crippen LogP contribution in [-0.4, -0.2) is 34.0 Å². The molecule has 0 aliphatic heterocycles. The molecule has 0 fully saturated rings. The Morgan fingerprint density at radius 1 is 1.30 bits per heavy atom.